The molecule has 0 spiro atoms. The molecular formula is C21H21N5O3. The molecular weight excluding hydrogens is 370 g/mol. The van der Waals surface area contributed by atoms with E-state index in [4.69, 9.17) is 4.74 Å². The maximum Gasteiger partial charge on any atom is 0.278 e. The van der Waals surface area contributed by atoms with Gasteiger partial charge in [0, 0.05) is 24.3 Å². The van der Waals surface area contributed by atoms with Crippen LogP contribution < -0.4 is 5.32 Å². The summed E-state index contributed by atoms with van der Waals surface area (Å²) in [7, 11) is 0. The van der Waals surface area contributed by atoms with E-state index >= 15 is 0 Å². The monoisotopic (exact) mass is 391 g/mol. The highest BCUT2D eigenvalue weighted by Gasteiger charge is 2.20. The van der Waals surface area contributed by atoms with Crippen molar-refractivity contribution >= 4 is 17.5 Å². The van der Waals surface area contributed by atoms with E-state index in [2.05, 4.69) is 15.6 Å². The van der Waals surface area contributed by atoms with Gasteiger partial charge in [0.25, 0.3) is 11.8 Å². The molecule has 8 nitrogen and oxygen atoms in total. The first kappa shape index (κ1) is 18.8. The van der Waals surface area contributed by atoms with Gasteiger partial charge in [0.05, 0.1) is 24.6 Å². The quantitative estimate of drug-likeness (QED) is 0.737. The molecule has 1 fully saturated rings. The van der Waals surface area contributed by atoms with Gasteiger partial charge in [0.15, 0.2) is 5.69 Å². The number of rotatable bonds is 4. The Balaban J connectivity index is 1.45. The molecule has 0 atom stereocenters. The van der Waals surface area contributed by atoms with Crippen molar-refractivity contribution in [2.24, 2.45) is 0 Å². The van der Waals surface area contributed by atoms with Gasteiger partial charge in [-0.1, -0.05) is 23.4 Å². The fraction of sp³-hybridized carbons (Fsp3) is 0.238. The van der Waals surface area contributed by atoms with Crippen LogP contribution in [0.5, 0.6) is 0 Å². The minimum atomic E-state index is -0.350. The molecule has 1 aliphatic heterocycles. The summed E-state index contributed by atoms with van der Waals surface area (Å²) in [6.07, 6.45) is 0. The van der Waals surface area contributed by atoms with Crippen LogP contribution in [0.3, 0.4) is 0 Å². The van der Waals surface area contributed by atoms with E-state index in [1.807, 2.05) is 30.3 Å². The first-order valence-corrected chi connectivity index (χ1v) is 9.39. The molecule has 1 saturated heterocycles. The number of amides is 2. The standard InChI is InChI=1S/C21H21N5O3/c1-15-19(23-24-26(15)18-5-3-2-4-6-18)20(27)22-17-9-7-16(8-10-17)21(28)25-11-13-29-14-12-25/h2-10H,11-14H2,1H3,(H,22,27). The summed E-state index contributed by atoms with van der Waals surface area (Å²) in [5, 5.41) is 10.9. The van der Waals surface area contributed by atoms with Gasteiger partial charge in [-0.2, -0.15) is 0 Å². The smallest absolute Gasteiger partial charge is 0.278 e. The van der Waals surface area contributed by atoms with Gasteiger partial charge < -0.3 is 15.0 Å². The van der Waals surface area contributed by atoms with Crippen LogP contribution in [0.15, 0.2) is 54.6 Å². The van der Waals surface area contributed by atoms with Crippen molar-refractivity contribution in [2.45, 2.75) is 6.92 Å². The van der Waals surface area contributed by atoms with Gasteiger partial charge in [0.1, 0.15) is 0 Å². The third-order valence-electron chi connectivity index (χ3n) is 4.80. The first-order valence-electron chi connectivity index (χ1n) is 9.39. The van der Waals surface area contributed by atoms with Crippen LogP contribution in [0.1, 0.15) is 26.5 Å². The number of hydrogen-bond donors (Lipinski definition) is 1. The molecule has 2 heterocycles. The van der Waals surface area contributed by atoms with Crippen molar-refractivity contribution in [3.05, 3.63) is 71.5 Å². The molecule has 4 rings (SSSR count). The number of aromatic nitrogens is 3. The number of morpholine rings is 1. The van der Waals surface area contributed by atoms with E-state index in [-0.39, 0.29) is 17.5 Å². The number of carbonyl (C=O) groups excluding carboxylic acids is 2. The number of para-hydroxylation sites is 1. The van der Waals surface area contributed by atoms with Crippen molar-refractivity contribution in [2.75, 3.05) is 31.6 Å². The van der Waals surface area contributed by atoms with Crippen molar-refractivity contribution in [3.63, 3.8) is 0 Å². The largest absolute Gasteiger partial charge is 0.378 e. The highest BCUT2D eigenvalue weighted by Crippen LogP contribution is 2.16. The Morgan fingerprint density at radius 1 is 1.00 bits per heavy atom. The van der Waals surface area contributed by atoms with Crippen molar-refractivity contribution < 1.29 is 14.3 Å². The van der Waals surface area contributed by atoms with Gasteiger partial charge in [0.2, 0.25) is 0 Å². The number of ether oxygens (including phenoxy) is 1. The lowest BCUT2D eigenvalue weighted by atomic mass is 10.1. The van der Waals surface area contributed by atoms with E-state index < -0.39 is 0 Å². The molecule has 1 aromatic heterocycles. The maximum absolute atomic E-state index is 12.6. The lowest BCUT2D eigenvalue weighted by molar-refractivity contribution is 0.0303. The number of nitrogens with zero attached hydrogens (tertiary/aromatic N) is 4. The fourth-order valence-electron chi connectivity index (χ4n) is 3.19. The molecule has 1 aliphatic rings. The average Bonchev–Trinajstić information content (AvgIpc) is 3.16. The number of anilines is 1. The van der Waals surface area contributed by atoms with Crippen LogP contribution in [0.25, 0.3) is 5.69 Å². The second-order valence-electron chi connectivity index (χ2n) is 6.71. The molecule has 0 saturated carbocycles. The lowest BCUT2D eigenvalue weighted by Gasteiger charge is -2.26. The zero-order chi connectivity index (χ0) is 20.2. The molecule has 29 heavy (non-hydrogen) atoms. The Bertz CT molecular complexity index is 1010. The minimum Gasteiger partial charge on any atom is -0.378 e. The number of hydrogen-bond acceptors (Lipinski definition) is 5. The zero-order valence-corrected chi connectivity index (χ0v) is 16.0. The summed E-state index contributed by atoms with van der Waals surface area (Å²) < 4.78 is 6.90. The summed E-state index contributed by atoms with van der Waals surface area (Å²) in [4.78, 5) is 26.9. The first-order chi connectivity index (χ1) is 14.1. The summed E-state index contributed by atoms with van der Waals surface area (Å²) in [5.74, 6) is -0.384. The minimum absolute atomic E-state index is 0.0344. The topological polar surface area (TPSA) is 89.3 Å². The molecule has 1 N–H and O–H groups in total. The van der Waals surface area contributed by atoms with Gasteiger partial charge in [-0.05, 0) is 43.3 Å². The van der Waals surface area contributed by atoms with E-state index in [0.717, 1.165) is 5.69 Å². The Morgan fingerprint density at radius 3 is 2.38 bits per heavy atom. The van der Waals surface area contributed by atoms with E-state index in [9.17, 15) is 9.59 Å². The SMILES string of the molecule is Cc1c(C(=O)Nc2ccc(C(=O)N3CCOCC3)cc2)nnn1-c1ccccc1. The Kier molecular flexibility index (Phi) is 5.35. The maximum atomic E-state index is 12.6. The van der Waals surface area contributed by atoms with E-state index in [1.54, 1.807) is 40.8 Å². The molecule has 3 aromatic rings. The molecule has 0 unspecified atom stereocenters. The Morgan fingerprint density at radius 2 is 1.69 bits per heavy atom. The van der Waals surface area contributed by atoms with Crippen LogP contribution in [0.4, 0.5) is 5.69 Å². The third-order valence-corrected chi connectivity index (χ3v) is 4.80. The molecule has 2 aromatic carbocycles. The number of nitrogens with one attached hydrogen (secondary N) is 1. The van der Waals surface area contributed by atoms with Gasteiger partial charge in [-0.3, -0.25) is 9.59 Å². The predicted octanol–water partition coefficient (Wildman–Crippen LogP) is 2.30. The highest BCUT2D eigenvalue weighted by atomic mass is 16.5. The summed E-state index contributed by atoms with van der Waals surface area (Å²) >= 11 is 0. The molecule has 8 heteroatoms. The fourth-order valence-corrected chi connectivity index (χ4v) is 3.19. The van der Waals surface area contributed by atoms with Gasteiger partial charge in [-0.25, -0.2) is 4.68 Å². The van der Waals surface area contributed by atoms with Gasteiger partial charge in [-0.15, -0.1) is 5.10 Å². The molecule has 0 aliphatic carbocycles. The van der Waals surface area contributed by atoms with Crippen LogP contribution >= 0.6 is 0 Å². The molecule has 0 radical (unpaired) electrons. The zero-order valence-electron chi connectivity index (χ0n) is 16.0. The summed E-state index contributed by atoms with van der Waals surface area (Å²) in [6.45, 7) is 4.10. The van der Waals surface area contributed by atoms with Crippen LogP contribution in [-0.4, -0.2) is 58.0 Å². The normalized spacial score (nSPS) is 13.9. The molecule has 148 valence electrons. The summed E-state index contributed by atoms with van der Waals surface area (Å²) in [6, 6.07) is 16.3. The van der Waals surface area contributed by atoms with Crippen LogP contribution in [0, 0.1) is 6.92 Å². The summed E-state index contributed by atoms with van der Waals surface area (Å²) in [5.41, 5.74) is 2.90. The number of benzene rings is 2. The van der Waals surface area contributed by atoms with Crippen molar-refractivity contribution in [1.82, 2.24) is 19.9 Å². The lowest BCUT2D eigenvalue weighted by Crippen LogP contribution is -2.40. The Labute approximate surface area is 168 Å². The van der Waals surface area contributed by atoms with Crippen LogP contribution in [0.2, 0.25) is 0 Å². The highest BCUT2D eigenvalue weighted by molar-refractivity contribution is 6.04. The van der Waals surface area contributed by atoms with Gasteiger partial charge >= 0.3 is 0 Å². The second kappa shape index (κ2) is 8.24. The van der Waals surface area contributed by atoms with Crippen LogP contribution in [-0.2, 0) is 4.74 Å². The molecule has 0 bridgehead atoms. The van der Waals surface area contributed by atoms with Crippen molar-refractivity contribution in [3.8, 4) is 5.69 Å². The Hall–Kier alpha value is -3.52. The predicted molar refractivity (Wildman–Crippen MR) is 107 cm³/mol. The number of carbonyl (C=O) groups is 2. The average molecular weight is 391 g/mol. The third kappa shape index (κ3) is 4.02. The molecule has 2 amide bonds. The second-order valence-corrected chi connectivity index (χ2v) is 6.71. The van der Waals surface area contributed by atoms with E-state index in [0.29, 0.717) is 43.2 Å². The van der Waals surface area contributed by atoms with Crippen molar-refractivity contribution in [1.29, 1.82) is 0 Å². The van der Waals surface area contributed by atoms with E-state index in [1.165, 1.54) is 0 Å².